The van der Waals surface area contributed by atoms with Crippen LogP contribution in [0.1, 0.15) is 34.7 Å². The molecule has 0 spiro atoms. The van der Waals surface area contributed by atoms with Crippen molar-refractivity contribution in [3.63, 3.8) is 0 Å². The minimum Gasteiger partial charge on any atom is -0.456 e. The molecular weight excluding hydrogens is 695 g/mol. The lowest BCUT2D eigenvalue weighted by molar-refractivity contribution is 0.669. The Bertz CT molecular complexity index is 3050. The van der Waals surface area contributed by atoms with Crippen molar-refractivity contribution in [2.75, 3.05) is 0 Å². The van der Waals surface area contributed by atoms with Crippen LogP contribution in [0.2, 0.25) is 0 Å². The zero-order chi connectivity index (χ0) is 38.3. The first kappa shape index (κ1) is 34.3. The molecule has 272 valence electrons. The van der Waals surface area contributed by atoms with Crippen molar-refractivity contribution < 1.29 is 4.42 Å². The zero-order valence-corrected chi connectivity index (χ0v) is 31.7. The molecular formula is C53H39N3O. The van der Waals surface area contributed by atoms with Gasteiger partial charge in [-0.15, -0.1) is 0 Å². The van der Waals surface area contributed by atoms with Gasteiger partial charge in [0.25, 0.3) is 0 Å². The minimum atomic E-state index is 0.513. The molecule has 0 saturated carbocycles. The van der Waals surface area contributed by atoms with Crippen LogP contribution in [0.3, 0.4) is 0 Å². The fourth-order valence-corrected chi connectivity index (χ4v) is 8.23. The largest absolute Gasteiger partial charge is 0.456 e. The number of nitrogens with zero attached hydrogens (tertiary/aromatic N) is 3. The number of para-hydroxylation sites is 1. The van der Waals surface area contributed by atoms with Crippen molar-refractivity contribution in [1.82, 2.24) is 15.0 Å². The molecule has 1 unspecified atom stereocenters. The van der Waals surface area contributed by atoms with E-state index in [0.29, 0.717) is 29.8 Å². The van der Waals surface area contributed by atoms with Crippen LogP contribution in [-0.4, -0.2) is 15.0 Å². The third-order valence-electron chi connectivity index (χ3n) is 11.1. The predicted octanol–water partition coefficient (Wildman–Crippen LogP) is 13.7. The van der Waals surface area contributed by atoms with E-state index in [-0.39, 0.29) is 0 Å². The number of hydrogen-bond acceptors (Lipinski definition) is 4. The molecule has 0 bridgehead atoms. The van der Waals surface area contributed by atoms with Crippen molar-refractivity contribution in [2.24, 2.45) is 5.92 Å². The van der Waals surface area contributed by atoms with Crippen LogP contribution in [0.4, 0.5) is 0 Å². The highest BCUT2D eigenvalue weighted by atomic mass is 16.3. The minimum absolute atomic E-state index is 0.513. The molecule has 2 heterocycles. The maximum absolute atomic E-state index is 6.45. The third-order valence-corrected chi connectivity index (χ3v) is 11.1. The Kier molecular flexibility index (Phi) is 8.72. The lowest BCUT2D eigenvalue weighted by Gasteiger charge is -2.17. The predicted molar refractivity (Wildman–Crippen MR) is 238 cm³/mol. The molecule has 9 aromatic rings. The van der Waals surface area contributed by atoms with Gasteiger partial charge in [0.05, 0.1) is 0 Å². The van der Waals surface area contributed by atoms with Gasteiger partial charge in [-0.05, 0) is 86.7 Å². The maximum atomic E-state index is 6.45. The van der Waals surface area contributed by atoms with Gasteiger partial charge in [0.15, 0.2) is 17.5 Å². The number of fused-ring (bicyclic) bond motifs is 5. The van der Waals surface area contributed by atoms with Crippen molar-refractivity contribution in [1.29, 1.82) is 0 Å². The van der Waals surface area contributed by atoms with Crippen molar-refractivity contribution in [2.45, 2.75) is 19.8 Å². The second-order valence-electron chi connectivity index (χ2n) is 14.9. The smallest absolute Gasteiger partial charge is 0.165 e. The second kappa shape index (κ2) is 14.5. The first-order valence-electron chi connectivity index (χ1n) is 19.6. The number of benzene rings is 7. The van der Waals surface area contributed by atoms with E-state index in [2.05, 4.69) is 165 Å². The third kappa shape index (κ3) is 6.45. The number of hydrogen-bond donors (Lipinski definition) is 0. The summed E-state index contributed by atoms with van der Waals surface area (Å²) in [5, 5.41) is 4.47. The van der Waals surface area contributed by atoms with E-state index >= 15 is 0 Å². The van der Waals surface area contributed by atoms with Gasteiger partial charge in [0, 0.05) is 27.5 Å². The highest BCUT2D eigenvalue weighted by Crippen LogP contribution is 2.40. The van der Waals surface area contributed by atoms with Gasteiger partial charge in [0.1, 0.15) is 11.2 Å². The summed E-state index contributed by atoms with van der Waals surface area (Å²) in [6.07, 6.45) is 12.5. The first-order chi connectivity index (χ1) is 28.1. The van der Waals surface area contributed by atoms with Crippen LogP contribution in [0, 0.1) is 5.92 Å². The molecule has 7 aromatic carbocycles. The molecule has 1 aliphatic carbocycles. The fourth-order valence-electron chi connectivity index (χ4n) is 8.23. The molecule has 4 nitrogen and oxygen atoms in total. The molecule has 0 N–H and O–H groups in total. The van der Waals surface area contributed by atoms with Gasteiger partial charge >= 0.3 is 0 Å². The quantitative estimate of drug-likeness (QED) is 0.156. The van der Waals surface area contributed by atoms with Crippen LogP contribution in [0.15, 0.2) is 169 Å². The van der Waals surface area contributed by atoms with Gasteiger partial charge in [-0.2, -0.15) is 0 Å². The molecule has 0 aliphatic heterocycles. The van der Waals surface area contributed by atoms with Crippen LogP contribution >= 0.6 is 0 Å². The lowest BCUT2D eigenvalue weighted by Crippen LogP contribution is -2.05. The van der Waals surface area contributed by atoms with Crippen molar-refractivity contribution in [3.8, 4) is 45.3 Å². The van der Waals surface area contributed by atoms with E-state index in [4.69, 9.17) is 19.4 Å². The second-order valence-corrected chi connectivity index (χ2v) is 14.9. The molecule has 4 heteroatoms. The van der Waals surface area contributed by atoms with Gasteiger partial charge in [0.2, 0.25) is 0 Å². The summed E-state index contributed by atoms with van der Waals surface area (Å²) in [7, 11) is 0. The number of rotatable bonds is 8. The Hall–Kier alpha value is -7.17. The van der Waals surface area contributed by atoms with Gasteiger partial charge in [-0.1, -0.05) is 171 Å². The summed E-state index contributed by atoms with van der Waals surface area (Å²) in [5.74, 6) is 2.38. The van der Waals surface area contributed by atoms with E-state index in [1.807, 2.05) is 24.3 Å². The number of allylic oxidation sites excluding steroid dienone is 2. The number of furan rings is 1. The van der Waals surface area contributed by atoms with Crippen molar-refractivity contribution in [3.05, 3.63) is 192 Å². The van der Waals surface area contributed by atoms with Crippen LogP contribution in [0.25, 0.3) is 96.2 Å². The Morgan fingerprint density at radius 3 is 2.21 bits per heavy atom. The summed E-state index contributed by atoms with van der Waals surface area (Å²) < 4.78 is 6.45. The van der Waals surface area contributed by atoms with Gasteiger partial charge in [-0.3, -0.25) is 0 Å². The molecule has 0 fully saturated rings. The highest BCUT2D eigenvalue weighted by Gasteiger charge is 2.22. The molecule has 0 amide bonds. The monoisotopic (exact) mass is 733 g/mol. The standard InChI is InChI=1S/C53H39N3O/c1-3-35-12-4-5-13-36(35)15-10-17-39-30-31-48-50(46-19-8-9-21-47(46)57-48)49(39)53-55-51(54-52(56-53)43-29-28-41-32-34(2)22-23-42(41)33-43)40-26-24-38(25-27-40)45-20-11-16-37-14-6-7-18-44(37)45/h3-16,18-31,33-34H,1,17,32H2,2H3/b15-10-. The van der Waals surface area contributed by atoms with Crippen LogP contribution in [0.5, 0.6) is 0 Å². The Morgan fingerprint density at radius 1 is 0.649 bits per heavy atom. The fraction of sp³-hybridized carbons (Fsp3) is 0.0755. The SMILES string of the molecule is C=Cc1ccccc1/C=C\Cc1ccc2oc3ccccc3c2c1-c1nc(-c2ccc(-c3cccc4ccccc34)cc2)nc(-c2ccc3c(c2)C=CC(C)C3)n1. The van der Waals surface area contributed by atoms with E-state index in [1.165, 1.54) is 27.5 Å². The van der Waals surface area contributed by atoms with Gasteiger partial charge in [-0.25, -0.2) is 15.0 Å². The van der Waals surface area contributed by atoms with Crippen LogP contribution < -0.4 is 0 Å². The van der Waals surface area contributed by atoms with Crippen LogP contribution in [-0.2, 0) is 12.8 Å². The molecule has 0 radical (unpaired) electrons. The zero-order valence-electron chi connectivity index (χ0n) is 31.7. The molecule has 0 saturated heterocycles. The Morgan fingerprint density at radius 2 is 1.35 bits per heavy atom. The normalized spacial score (nSPS) is 13.8. The van der Waals surface area contributed by atoms with Gasteiger partial charge < -0.3 is 4.42 Å². The molecule has 1 aliphatic rings. The molecule has 1 atom stereocenters. The van der Waals surface area contributed by atoms with E-state index in [9.17, 15) is 0 Å². The first-order valence-corrected chi connectivity index (χ1v) is 19.6. The molecule has 10 rings (SSSR count). The van der Waals surface area contributed by atoms with E-state index in [1.54, 1.807) is 0 Å². The molecule has 57 heavy (non-hydrogen) atoms. The summed E-state index contributed by atoms with van der Waals surface area (Å²) in [4.78, 5) is 15.9. The number of aromatic nitrogens is 3. The Labute approximate surface area is 332 Å². The van der Waals surface area contributed by atoms with E-state index < -0.39 is 0 Å². The summed E-state index contributed by atoms with van der Waals surface area (Å²) in [6.45, 7) is 6.28. The maximum Gasteiger partial charge on any atom is 0.165 e. The average Bonchev–Trinajstić information content (AvgIpc) is 3.65. The highest BCUT2D eigenvalue weighted by molar-refractivity contribution is 6.12. The van der Waals surface area contributed by atoms with Crippen molar-refractivity contribution >= 4 is 50.9 Å². The van der Waals surface area contributed by atoms with E-state index in [0.717, 1.165) is 67.3 Å². The lowest BCUT2D eigenvalue weighted by atomic mass is 9.89. The summed E-state index contributed by atoms with van der Waals surface area (Å²) in [5.41, 5.74) is 12.6. The Balaban J connectivity index is 1.16. The average molecular weight is 734 g/mol. The summed E-state index contributed by atoms with van der Waals surface area (Å²) >= 11 is 0. The molecule has 2 aromatic heterocycles. The topological polar surface area (TPSA) is 51.8 Å². The summed E-state index contributed by atoms with van der Waals surface area (Å²) in [6, 6.07) is 50.9.